The third-order valence-electron chi connectivity index (χ3n) is 4.34. The van der Waals surface area contributed by atoms with Gasteiger partial charge in [0.1, 0.15) is 0 Å². The van der Waals surface area contributed by atoms with Gasteiger partial charge in [0, 0.05) is 26.2 Å². The van der Waals surface area contributed by atoms with E-state index in [2.05, 4.69) is 51.6 Å². The molecule has 0 saturated carbocycles. The van der Waals surface area contributed by atoms with Crippen LogP contribution in [0.15, 0.2) is 18.2 Å². The molecule has 0 unspecified atom stereocenters. The van der Waals surface area contributed by atoms with Gasteiger partial charge in [-0.05, 0) is 44.8 Å². The van der Waals surface area contributed by atoms with Gasteiger partial charge in [-0.15, -0.1) is 0 Å². The van der Waals surface area contributed by atoms with E-state index >= 15 is 0 Å². The average molecular weight is 317 g/mol. The van der Waals surface area contributed by atoms with Gasteiger partial charge in [0.05, 0.1) is 24.2 Å². The molecule has 126 valence electrons. The Morgan fingerprint density at radius 1 is 1.26 bits per heavy atom. The van der Waals surface area contributed by atoms with Crippen molar-refractivity contribution in [3.8, 4) is 0 Å². The highest BCUT2D eigenvalue weighted by Crippen LogP contribution is 2.21. The Morgan fingerprint density at radius 2 is 2.04 bits per heavy atom. The predicted octanol–water partition coefficient (Wildman–Crippen LogP) is 1.40. The zero-order chi connectivity index (χ0) is 16.2. The highest BCUT2D eigenvalue weighted by molar-refractivity contribution is 5.79. The number of aromatic nitrogens is 2. The lowest BCUT2D eigenvalue weighted by Gasteiger charge is -2.26. The molecule has 1 fully saturated rings. The van der Waals surface area contributed by atoms with E-state index in [1.165, 1.54) is 5.56 Å². The number of hydrogen-bond donors (Lipinski definition) is 1. The third kappa shape index (κ3) is 4.02. The van der Waals surface area contributed by atoms with Crippen LogP contribution in [0.2, 0.25) is 0 Å². The molecular weight excluding hydrogens is 290 g/mol. The molecule has 0 bridgehead atoms. The first kappa shape index (κ1) is 16.2. The van der Waals surface area contributed by atoms with E-state index in [9.17, 15) is 0 Å². The predicted molar refractivity (Wildman–Crippen MR) is 93.4 cm³/mol. The summed E-state index contributed by atoms with van der Waals surface area (Å²) in [5, 5.41) is 0. The van der Waals surface area contributed by atoms with E-state index in [0.717, 1.165) is 63.4 Å². The number of aryl methyl sites for hydroxylation is 1. The van der Waals surface area contributed by atoms with Crippen LogP contribution in [0.25, 0.3) is 11.0 Å². The first-order valence-corrected chi connectivity index (χ1v) is 8.33. The topological polar surface area (TPSA) is 59.5 Å². The molecule has 0 radical (unpaired) electrons. The summed E-state index contributed by atoms with van der Waals surface area (Å²) in [4.78, 5) is 9.16. The average Bonchev–Trinajstić information content (AvgIpc) is 2.83. The van der Waals surface area contributed by atoms with Gasteiger partial charge in [-0.3, -0.25) is 4.90 Å². The number of rotatable bonds is 6. The third-order valence-corrected chi connectivity index (χ3v) is 4.34. The molecule has 0 amide bonds. The maximum Gasteiger partial charge on any atom is 0.201 e. The molecule has 0 aliphatic carbocycles. The molecule has 1 aromatic heterocycles. The van der Waals surface area contributed by atoms with Crippen molar-refractivity contribution < 1.29 is 4.74 Å². The lowest BCUT2D eigenvalue weighted by atomic mass is 10.2. The van der Waals surface area contributed by atoms with Crippen LogP contribution in [-0.4, -0.2) is 66.3 Å². The van der Waals surface area contributed by atoms with Crippen molar-refractivity contribution in [2.24, 2.45) is 0 Å². The number of ether oxygens (including phenoxy) is 1. The number of nitrogens with two attached hydrogens (primary N) is 1. The van der Waals surface area contributed by atoms with Crippen LogP contribution in [-0.2, 0) is 17.8 Å². The quantitative estimate of drug-likeness (QED) is 0.873. The first-order chi connectivity index (χ1) is 11.1. The number of imidazole rings is 1. The van der Waals surface area contributed by atoms with Crippen molar-refractivity contribution in [3.05, 3.63) is 23.8 Å². The summed E-state index contributed by atoms with van der Waals surface area (Å²) in [7, 11) is 4.18. The van der Waals surface area contributed by atoms with Crippen molar-refractivity contribution in [3.63, 3.8) is 0 Å². The minimum Gasteiger partial charge on any atom is -0.379 e. The molecule has 2 heterocycles. The van der Waals surface area contributed by atoms with Gasteiger partial charge >= 0.3 is 0 Å². The fourth-order valence-corrected chi connectivity index (χ4v) is 3.09. The lowest BCUT2D eigenvalue weighted by Crippen LogP contribution is -2.35. The maximum atomic E-state index is 6.12. The second kappa shape index (κ2) is 7.29. The lowest BCUT2D eigenvalue weighted by molar-refractivity contribution is 0.0342. The Hall–Kier alpha value is -1.63. The van der Waals surface area contributed by atoms with Crippen LogP contribution in [0.5, 0.6) is 0 Å². The van der Waals surface area contributed by atoms with Gasteiger partial charge in [0.25, 0.3) is 0 Å². The number of morpholine rings is 1. The SMILES string of the molecule is CN(C)CCCn1c(N)nc2cc(CN3CCOCC3)ccc21. The molecule has 23 heavy (non-hydrogen) atoms. The highest BCUT2D eigenvalue weighted by Gasteiger charge is 2.13. The largest absolute Gasteiger partial charge is 0.379 e. The second-order valence-electron chi connectivity index (χ2n) is 6.49. The van der Waals surface area contributed by atoms with E-state index in [-0.39, 0.29) is 0 Å². The van der Waals surface area contributed by atoms with Crippen molar-refractivity contribution in [1.82, 2.24) is 19.4 Å². The van der Waals surface area contributed by atoms with Gasteiger partial charge in [-0.1, -0.05) is 6.07 Å². The smallest absolute Gasteiger partial charge is 0.201 e. The number of nitrogens with zero attached hydrogens (tertiary/aromatic N) is 4. The molecule has 0 spiro atoms. The molecule has 2 N–H and O–H groups in total. The Labute approximate surface area is 137 Å². The molecule has 1 aromatic carbocycles. The minimum absolute atomic E-state index is 0.613. The normalized spacial score (nSPS) is 16.5. The summed E-state index contributed by atoms with van der Waals surface area (Å²) in [6.45, 7) is 6.56. The molecule has 3 rings (SSSR count). The van der Waals surface area contributed by atoms with E-state index in [0.29, 0.717) is 5.95 Å². The minimum atomic E-state index is 0.613. The second-order valence-corrected chi connectivity index (χ2v) is 6.49. The fourth-order valence-electron chi connectivity index (χ4n) is 3.09. The highest BCUT2D eigenvalue weighted by atomic mass is 16.5. The van der Waals surface area contributed by atoms with Gasteiger partial charge in [0.15, 0.2) is 0 Å². The van der Waals surface area contributed by atoms with Gasteiger partial charge in [-0.2, -0.15) is 0 Å². The molecule has 6 heteroatoms. The van der Waals surface area contributed by atoms with E-state index in [4.69, 9.17) is 10.5 Å². The Bertz CT molecular complexity index is 646. The Balaban J connectivity index is 1.72. The van der Waals surface area contributed by atoms with Crippen molar-refractivity contribution in [2.75, 3.05) is 52.7 Å². The molecule has 2 aromatic rings. The van der Waals surface area contributed by atoms with Crippen LogP contribution in [0, 0.1) is 0 Å². The Morgan fingerprint density at radius 3 is 2.78 bits per heavy atom. The number of anilines is 1. The molecule has 1 aliphatic rings. The summed E-state index contributed by atoms with van der Waals surface area (Å²) >= 11 is 0. The summed E-state index contributed by atoms with van der Waals surface area (Å²) < 4.78 is 7.53. The van der Waals surface area contributed by atoms with E-state index < -0.39 is 0 Å². The van der Waals surface area contributed by atoms with Crippen LogP contribution in [0.1, 0.15) is 12.0 Å². The molecule has 0 atom stereocenters. The molecule has 6 nitrogen and oxygen atoms in total. The fraction of sp³-hybridized carbons (Fsp3) is 0.588. The maximum absolute atomic E-state index is 6.12. The number of fused-ring (bicyclic) bond motifs is 1. The van der Waals surface area contributed by atoms with Crippen LogP contribution in [0.4, 0.5) is 5.95 Å². The van der Waals surface area contributed by atoms with Gasteiger partial charge in [-0.25, -0.2) is 4.98 Å². The number of hydrogen-bond acceptors (Lipinski definition) is 5. The summed E-state index contributed by atoms with van der Waals surface area (Å²) in [5.74, 6) is 0.613. The monoisotopic (exact) mass is 317 g/mol. The van der Waals surface area contributed by atoms with Gasteiger partial charge in [0.2, 0.25) is 5.95 Å². The Kier molecular flexibility index (Phi) is 5.15. The van der Waals surface area contributed by atoms with Gasteiger partial charge < -0.3 is 19.9 Å². The number of nitrogen functional groups attached to an aromatic ring is 1. The van der Waals surface area contributed by atoms with Crippen molar-refractivity contribution in [1.29, 1.82) is 0 Å². The molecule has 1 saturated heterocycles. The van der Waals surface area contributed by atoms with Crippen molar-refractivity contribution >= 4 is 17.0 Å². The first-order valence-electron chi connectivity index (χ1n) is 8.33. The molecule has 1 aliphatic heterocycles. The molecular formula is C17H27N5O. The van der Waals surface area contributed by atoms with Crippen LogP contribution < -0.4 is 5.73 Å². The summed E-state index contributed by atoms with van der Waals surface area (Å²) in [5.41, 5.74) is 9.53. The number of benzene rings is 1. The van der Waals surface area contributed by atoms with Crippen LogP contribution >= 0.6 is 0 Å². The van der Waals surface area contributed by atoms with E-state index in [1.54, 1.807) is 0 Å². The summed E-state index contributed by atoms with van der Waals surface area (Å²) in [6, 6.07) is 6.52. The summed E-state index contributed by atoms with van der Waals surface area (Å²) in [6.07, 6.45) is 1.07. The standard InChI is InChI=1S/C17H27N5O/c1-20(2)6-3-7-22-16-5-4-14(12-15(16)19-17(22)18)13-21-8-10-23-11-9-21/h4-5,12H,3,6-11,13H2,1-2H3,(H2,18,19). The van der Waals surface area contributed by atoms with Crippen molar-refractivity contribution in [2.45, 2.75) is 19.5 Å². The van der Waals surface area contributed by atoms with Crippen LogP contribution in [0.3, 0.4) is 0 Å². The zero-order valence-electron chi connectivity index (χ0n) is 14.2. The zero-order valence-corrected chi connectivity index (χ0v) is 14.2. The van der Waals surface area contributed by atoms with E-state index in [1.807, 2.05) is 0 Å².